The summed E-state index contributed by atoms with van der Waals surface area (Å²) >= 11 is 0. The van der Waals surface area contributed by atoms with E-state index in [9.17, 15) is 14.4 Å². The largest absolute Gasteiger partial charge is 0.466 e. The lowest BCUT2D eigenvalue weighted by Crippen LogP contribution is -2.27. The van der Waals surface area contributed by atoms with E-state index in [-0.39, 0.29) is 30.6 Å². The van der Waals surface area contributed by atoms with Gasteiger partial charge in [-0.2, -0.15) is 0 Å². The molecule has 0 N–H and O–H groups in total. The summed E-state index contributed by atoms with van der Waals surface area (Å²) in [5.41, 5.74) is 2.57. The lowest BCUT2D eigenvalue weighted by molar-refractivity contribution is -0.142. The lowest BCUT2D eigenvalue weighted by Gasteiger charge is -2.18. The van der Waals surface area contributed by atoms with Gasteiger partial charge in [0.1, 0.15) is 0 Å². The van der Waals surface area contributed by atoms with Gasteiger partial charge in [0.15, 0.2) is 5.78 Å². The summed E-state index contributed by atoms with van der Waals surface area (Å²) in [5, 5.41) is 0. The summed E-state index contributed by atoms with van der Waals surface area (Å²) in [6.07, 6.45) is 0.935. The van der Waals surface area contributed by atoms with Crippen LogP contribution in [0.15, 0.2) is 53.6 Å². The Bertz CT molecular complexity index is 865. The highest BCUT2D eigenvalue weighted by atomic mass is 16.5. The van der Waals surface area contributed by atoms with Gasteiger partial charge in [-0.1, -0.05) is 37.6 Å². The molecule has 2 unspecified atom stereocenters. The molecule has 0 amide bonds. The molecular weight excluding hydrogens is 352 g/mol. The van der Waals surface area contributed by atoms with E-state index in [1.807, 2.05) is 37.3 Å². The van der Waals surface area contributed by atoms with Crippen molar-refractivity contribution in [3.63, 3.8) is 0 Å². The van der Waals surface area contributed by atoms with Crippen LogP contribution in [-0.4, -0.2) is 24.1 Å². The molecule has 0 saturated carbocycles. The molecule has 146 valence electrons. The minimum absolute atomic E-state index is 0.0542. The first kappa shape index (κ1) is 21.4. The molecule has 0 aliphatic heterocycles. The third-order valence-electron chi connectivity index (χ3n) is 4.86. The van der Waals surface area contributed by atoms with Crippen LogP contribution in [0, 0.1) is 23.7 Å². The Labute approximate surface area is 166 Å². The molecule has 0 spiro atoms. The van der Waals surface area contributed by atoms with Gasteiger partial charge >= 0.3 is 5.97 Å². The van der Waals surface area contributed by atoms with Crippen LogP contribution in [0.4, 0.5) is 0 Å². The molecule has 1 aromatic carbocycles. The quantitative estimate of drug-likeness (QED) is 0.530. The number of rotatable bonds is 7. The van der Waals surface area contributed by atoms with Crippen molar-refractivity contribution in [2.75, 3.05) is 6.61 Å². The van der Waals surface area contributed by atoms with Crippen LogP contribution < -0.4 is 0 Å². The average molecular weight is 378 g/mol. The number of hydrogen-bond acceptors (Lipinski definition) is 4. The highest BCUT2D eigenvalue weighted by molar-refractivity contribution is 6.09. The Balaban J connectivity index is 2.22. The molecular formula is C24H26O4. The maximum absolute atomic E-state index is 13.0. The van der Waals surface area contributed by atoms with Gasteiger partial charge in [-0.15, -0.1) is 0 Å². The monoisotopic (exact) mass is 378 g/mol. The van der Waals surface area contributed by atoms with Crippen LogP contribution in [-0.2, 0) is 19.1 Å². The topological polar surface area (TPSA) is 60.4 Å². The average Bonchev–Trinajstić information content (AvgIpc) is 2.97. The maximum Gasteiger partial charge on any atom is 0.309 e. The molecule has 0 radical (unpaired) electrons. The Morgan fingerprint density at radius 3 is 2.50 bits per heavy atom. The first-order chi connectivity index (χ1) is 13.4. The molecule has 2 rings (SSSR count). The number of ether oxygens (including phenoxy) is 1. The molecule has 1 aromatic rings. The van der Waals surface area contributed by atoms with Gasteiger partial charge in [0.25, 0.3) is 0 Å². The molecule has 0 bridgehead atoms. The second-order valence-electron chi connectivity index (χ2n) is 6.91. The number of allylic oxidation sites excluding steroid dienone is 2. The molecule has 4 nitrogen and oxygen atoms in total. The van der Waals surface area contributed by atoms with Crippen LogP contribution >= 0.6 is 0 Å². The number of carbonyl (C=O) groups excluding carboxylic acids is 3. The second kappa shape index (κ2) is 9.85. The van der Waals surface area contributed by atoms with Gasteiger partial charge in [-0.05, 0) is 55.9 Å². The van der Waals surface area contributed by atoms with E-state index in [0.717, 1.165) is 5.56 Å². The number of Topliss-reactive ketones (excluding diaryl/α,β-unsaturated/α-hetero) is 2. The minimum atomic E-state index is -0.502. The molecule has 1 aliphatic carbocycles. The predicted octanol–water partition coefficient (Wildman–Crippen LogP) is 4.05. The van der Waals surface area contributed by atoms with E-state index in [0.29, 0.717) is 29.6 Å². The number of hydrogen-bond donors (Lipinski definition) is 0. The van der Waals surface area contributed by atoms with Crippen molar-refractivity contribution in [3.8, 4) is 11.8 Å². The zero-order valence-electron chi connectivity index (χ0n) is 16.7. The zero-order valence-corrected chi connectivity index (χ0v) is 16.7. The van der Waals surface area contributed by atoms with E-state index in [2.05, 4.69) is 18.4 Å². The SMILES string of the molecule is C=C(C)C1=C(CC(=O)OCC)CC(C(CC)C(=O)C#Cc2ccccc2)C1=O. The Morgan fingerprint density at radius 2 is 1.93 bits per heavy atom. The molecule has 4 heteroatoms. The van der Waals surface area contributed by atoms with Gasteiger partial charge in [-0.25, -0.2) is 0 Å². The van der Waals surface area contributed by atoms with Crippen molar-refractivity contribution >= 4 is 17.5 Å². The van der Waals surface area contributed by atoms with E-state index >= 15 is 0 Å². The Hall–Kier alpha value is -2.93. The van der Waals surface area contributed by atoms with Crippen molar-refractivity contribution in [1.29, 1.82) is 0 Å². The highest BCUT2D eigenvalue weighted by Gasteiger charge is 2.40. The summed E-state index contributed by atoms with van der Waals surface area (Å²) in [7, 11) is 0. The van der Waals surface area contributed by atoms with E-state index in [1.54, 1.807) is 13.8 Å². The molecule has 2 atom stereocenters. The summed E-state index contributed by atoms with van der Waals surface area (Å²) < 4.78 is 5.02. The molecule has 0 saturated heterocycles. The fourth-order valence-corrected chi connectivity index (χ4v) is 3.60. The van der Waals surface area contributed by atoms with Crippen LogP contribution in [0.25, 0.3) is 0 Å². The Kier molecular flexibility index (Phi) is 7.52. The lowest BCUT2D eigenvalue weighted by atomic mass is 9.82. The fraction of sp³-hybridized carbons (Fsp3) is 0.375. The summed E-state index contributed by atoms with van der Waals surface area (Å²) in [6, 6.07) is 9.27. The number of esters is 1. The summed E-state index contributed by atoms with van der Waals surface area (Å²) in [5.74, 6) is 3.83. The smallest absolute Gasteiger partial charge is 0.309 e. The van der Waals surface area contributed by atoms with Crippen molar-refractivity contribution in [1.82, 2.24) is 0 Å². The van der Waals surface area contributed by atoms with Gasteiger partial charge in [-0.3, -0.25) is 14.4 Å². The van der Waals surface area contributed by atoms with Gasteiger partial charge < -0.3 is 4.74 Å². The molecule has 0 heterocycles. The third-order valence-corrected chi connectivity index (χ3v) is 4.86. The minimum Gasteiger partial charge on any atom is -0.466 e. The number of carbonyl (C=O) groups is 3. The van der Waals surface area contributed by atoms with E-state index < -0.39 is 11.8 Å². The number of benzene rings is 1. The van der Waals surface area contributed by atoms with Crippen molar-refractivity contribution in [3.05, 3.63) is 59.2 Å². The normalized spacial score (nSPS) is 17.0. The van der Waals surface area contributed by atoms with Crippen LogP contribution in [0.1, 0.15) is 45.6 Å². The highest BCUT2D eigenvalue weighted by Crippen LogP contribution is 2.39. The molecule has 28 heavy (non-hydrogen) atoms. The van der Waals surface area contributed by atoms with Crippen LogP contribution in [0.2, 0.25) is 0 Å². The van der Waals surface area contributed by atoms with Gasteiger partial charge in [0, 0.05) is 23.0 Å². The first-order valence-electron chi connectivity index (χ1n) is 9.57. The van der Waals surface area contributed by atoms with Crippen molar-refractivity contribution in [2.24, 2.45) is 11.8 Å². The van der Waals surface area contributed by atoms with Gasteiger partial charge in [0.2, 0.25) is 5.78 Å². The summed E-state index contributed by atoms with van der Waals surface area (Å²) in [4.78, 5) is 37.7. The van der Waals surface area contributed by atoms with Crippen molar-refractivity contribution in [2.45, 2.75) is 40.0 Å². The molecule has 0 aromatic heterocycles. The summed E-state index contributed by atoms with van der Waals surface area (Å²) in [6.45, 7) is 9.55. The van der Waals surface area contributed by atoms with Gasteiger partial charge in [0.05, 0.1) is 13.0 Å². The zero-order chi connectivity index (χ0) is 20.7. The van der Waals surface area contributed by atoms with Crippen LogP contribution in [0.3, 0.4) is 0 Å². The number of ketones is 2. The van der Waals surface area contributed by atoms with E-state index in [4.69, 9.17) is 4.74 Å². The first-order valence-corrected chi connectivity index (χ1v) is 9.57. The maximum atomic E-state index is 13.0. The van der Waals surface area contributed by atoms with Crippen LogP contribution in [0.5, 0.6) is 0 Å². The standard InChI is InChI=1S/C24H26O4/c1-5-19(21(25)13-12-17-10-8-7-9-11-17)20-14-18(15-22(26)28-6-2)23(16(3)4)24(20)27/h7-11,19-20H,3,5-6,14-15H2,1-2,4H3. The second-order valence-corrected chi connectivity index (χ2v) is 6.91. The molecule has 1 aliphatic rings. The van der Waals surface area contributed by atoms with E-state index in [1.165, 1.54) is 0 Å². The Morgan fingerprint density at radius 1 is 1.25 bits per heavy atom. The molecule has 0 fully saturated rings. The van der Waals surface area contributed by atoms with Crippen molar-refractivity contribution < 1.29 is 19.1 Å². The fourth-order valence-electron chi connectivity index (χ4n) is 3.60. The third kappa shape index (κ3) is 5.07. The predicted molar refractivity (Wildman–Crippen MR) is 108 cm³/mol.